The molecule has 0 spiro atoms. The van der Waals surface area contributed by atoms with E-state index in [4.69, 9.17) is 0 Å². The molecule has 2 aromatic rings. The van der Waals surface area contributed by atoms with Gasteiger partial charge in [-0.3, -0.25) is 0 Å². The van der Waals surface area contributed by atoms with Crippen molar-refractivity contribution in [1.82, 2.24) is 14.8 Å². The number of aromatic nitrogens is 3. The molecular weight excluding hydrogens is 188 g/mol. The van der Waals surface area contributed by atoms with E-state index in [1.54, 1.807) is 12.4 Å². The zero-order valence-electron chi connectivity index (χ0n) is 8.72. The van der Waals surface area contributed by atoms with Crippen LogP contribution in [0, 0.1) is 0 Å². The lowest BCUT2D eigenvalue weighted by Gasteiger charge is -2.05. The fourth-order valence-electron chi connectivity index (χ4n) is 1.33. The summed E-state index contributed by atoms with van der Waals surface area (Å²) in [7, 11) is 0. The standard InChI is InChI=1S/C11H14N4/c1-2-5-12-11-9-10(4-7-13-11)15-8-3-6-14-15/h3-4,6-9H,2,5H2,1H3,(H,12,13). The van der Waals surface area contributed by atoms with Gasteiger partial charge >= 0.3 is 0 Å². The summed E-state index contributed by atoms with van der Waals surface area (Å²) in [6.45, 7) is 3.07. The van der Waals surface area contributed by atoms with Crippen LogP contribution in [0.15, 0.2) is 36.8 Å². The lowest BCUT2D eigenvalue weighted by Crippen LogP contribution is -2.03. The van der Waals surface area contributed by atoms with E-state index in [-0.39, 0.29) is 0 Å². The number of rotatable bonds is 4. The van der Waals surface area contributed by atoms with Crippen molar-refractivity contribution < 1.29 is 0 Å². The fourth-order valence-corrected chi connectivity index (χ4v) is 1.33. The van der Waals surface area contributed by atoms with Crippen LogP contribution in [0.5, 0.6) is 0 Å². The van der Waals surface area contributed by atoms with Crippen LogP contribution in [0.3, 0.4) is 0 Å². The number of anilines is 1. The molecule has 0 atom stereocenters. The van der Waals surface area contributed by atoms with Crippen molar-refractivity contribution >= 4 is 5.82 Å². The van der Waals surface area contributed by atoms with Crippen LogP contribution in [0.1, 0.15) is 13.3 Å². The minimum Gasteiger partial charge on any atom is -0.370 e. The van der Waals surface area contributed by atoms with Gasteiger partial charge in [0.15, 0.2) is 0 Å². The Balaban J connectivity index is 2.19. The van der Waals surface area contributed by atoms with Crippen molar-refractivity contribution in [2.45, 2.75) is 13.3 Å². The van der Waals surface area contributed by atoms with Crippen molar-refractivity contribution in [2.24, 2.45) is 0 Å². The highest BCUT2D eigenvalue weighted by atomic mass is 15.3. The second kappa shape index (κ2) is 4.59. The molecule has 0 saturated carbocycles. The lowest BCUT2D eigenvalue weighted by atomic mass is 10.4. The normalized spacial score (nSPS) is 10.2. The molecule has 2 rings (SSSR count). The van der Waals surface area contributed by atoms with Gasteiger partial charge in [-0.2, -0.15) is 5.10 Å². The highest BCUT2D eigenvalue weighted by Gasteiger charge is 1.98. The maximum atomic E-state index is 4.23. The molecule has 0 amide bonds. The van der Waals surface area contributed by atoms with Crippen molar-refractivity contribution in [2.75, 3.05) is 11.9 Å². The molecule has 0 bridgehead atoms. The fraction of sp³-hybridized carbons (Fsp3) is 0.273. The van der Waals surface area contributed by atoms with Crippen LogP contribution in [-0.4, -0.2) is 21.3 Å². The van der Waals surface area contributed by atoms with Crippen LogP contribution >= 0.6 is 0 Å². The van der Waals surface area contributed by atoms with Gasteiger partial charge in [-0.1, -0.05) is 6.92 Å². The third-order valence-corrected chi connectivity index (χ3v) is 2.07. The quantitative estimate of drug-likeness (QED) is 0.825. The number of nitrogens with zero attached hydrogens (tertiary/aromatic N) is 3. The predicted molar refractivity (Wildman–Crippen MR) is 60.1 cm³/mol. The minimum atomic E-state index is 0.893. The van der Waals surface area contributed by atoms with Crippen molar-refractivity contribution in [3.63, 3.8) is 0 Å². The number of nitrogens with one attached hydrogen (secondary N) is 1. The maximum absolute atomic E-state index is 4.23. The maximum Gasteiger partial charge on any atom is 0.128 e. The van der Waals surface area contributed by atoms with Gasteiger partial charge in [-0.05, 0) is 18.6 Å². The molecule has 0 radical (unpaired) electrons. The van der Waals surface area contributed by atoms with Gasteiger partial charge in [0.2, 0.25) is 0 Å². The summed E-state index contributed by atoms with van der Waals surface area (Å²) in [5.41, 5.74) is 1.02. The largest absolute Gasteiger partial charge is 0.370 e. The molecule has 0 aromatic carbocycles. The van der Waals surface area contributed by atoms with Crippen LogP contribution in [0.4, 0.5) is 5.82 Å². The topological polar surface area (TPSA) is 42.7 Å². The van der Waals surface area contributed by atoms with Crippen LogP contribution in [0.2, 0.25) is 0 Å². The van der Waals surface area contributed by atoms with E-state index in [1.807, 2.05) is 29.1 Å². The summed E-state index contributed by atoms with van der Waals surface area (Å²) in [6.07, 6.45) is 6.56. The Morgan fingerprint density at radius 2 is 2.33 bits per heavy atom. The van der Waals surface area contributed by atoms with E-state index in [1.165, 1.54) is 0 Å². The Kier molecular flexibility index (Phi) is 2.97. The molecular formula is C11H14N4. The predicted octanol–water partition coefficient (Wildman–Crippen LogP) is 2.09. The third kappa shape index (κ3) is 2.34. The molecule has 78 valence electrons. The zero-order valence-corrected chi connectivity index (χ0v) is 8.72. The number of pyridine rings is 1. The second-order valence-corrected chi connectivity index (χ2v) is 3.28. The Labute approximate surface area is 89.0 Å². The Bertz CT molecular complexity index is 408. The Morgan fingerprint density at radius 3 is 3.07 bits per heavy atom. The van der Waals surface area contributed by atoms with Crippen molar-refractivity contribution in [3.8, 4) is 5.69 Å². The van der Waals surface area contributed by atoms with Crippen LogP contribution < -0.4 is 5.32 Å². The van der Waals surface area contributed by atoms with Gasteiger partial charge in [-0.25, -0.2) is 9.67 Å². The highest BCUT2D eigenvalue weighted by molar-refractivity contribution is 5.44. The summed E-state index contributed by atoms with van der Waals surface area (Å²) in [5.74, 6) is 0.893. The first-order valence-corrected chi connectivity index (χ1v) is 5.10. The summed E-state index contributed by atoms with van der Waals surface area (Å²) in [6, 6.07) is 5.83. The molecule has 0 aliphatic heterocycles. The average molecular weight is 202 g/mol. The molecule has 0 aliphatic rings. The minimum absolute atomic E-state index is 0.893. The molecule has 2 aromatic heterocycles. The average Bonchev–Trinajstić information content (AvgIpc) is 2.80. The third-order valence-electron chi connectivity index (χ3n) is 2.07. The first-order valence-electron chi connectivity index (χ1n) is 5.10. The monoisotopic (exact) mass is 202 g/mol. The van der Waals surface area contributed by atoms with Gasteiger partial charge < -0.3 is 5.32 Å². The summed E-state index contributed by atoms with van der Waals surface area (Å²) < 4.78 is 1.82. The van der Waals surface area contributed by atoms with Crippen LogP contribution in [-0.2, 0) is 0 Å². The molecule has 0 saturated heterocycles. The van der Waals surface area contributed by atoms with Crippen molar-refractivity contribution in [1.29, 1.82) is 0 Å². The smallest absolute Gasteiger partial charge is 0.128 e. The van der Waals surface area contributed by atoms with Gasteiger partial charge in [0.05, 0.1) is 5.69 Å². The van der Waals surface area contributed by atoms with Gasteiger partial charge in [0.1, 0.15) is 5.82 Å². The lowest BCUT2D eigenvalue weighted by molar-refractivity contribution is 0.876. The summed E-state index contributed by atoms with van der Waals surface area (Å²) >= 11 is 0. The first-order chi connectivity index (χ1) is 7.40. The van der Waals surface area contributed by atoms with Gasteiger partial charge in [-0.15, -0.1) is 0 Å². The Morgan fingerprint density at radius 1 is 1.40 bits per heavy atom. The first kappa shape index (κ1) is 9.71. The molecule has 0 fully saturated rings. The molecule has 2 heterocycles. The summed E-state index contributed by atoms with van der Waals surface area (Å²) in [5, 5.41) is 7.41. The van der Waals surface area contributed by atoms with E-state index < -0.39 is 0 Å². The zero-order chi connectivity index (χ0) is 10.5. The van der Waals surface area contributed by atoms with E-state index in [2.05, 4.69) is 22.3 Å². The SMILES string of the molecule is CCCNc1cc(-n2cccn2)ccn1. The van der Waals surface area contributed by atoms with Gasteiger partial charge in [0.25, 0.3) is 0 Å². The molecule has 4 heteroatoms. The molecule has 4 nitrogen and oxygen atoms in total. The number of hydrogen-bond acceptors (Lipinski definition) is 3. The number of hydrogen-bond donors (Lipinski definition) is 1. The molecule has 0 aliphatic carbocycles. The van der Waals surface area contributed by atoms with Gasteiger partial charge in [0, 0.05) is 31.2 Å². The second-order valence-electron chi connectivity index (χ2n) is 3.28. The van der Waals surface area contributed by atoms with E-state index in [0.29, 0.717) is 0 Å². The van der Waals surface area contributed by atoms with E-state index >= 15 is 0 Å². The Hall–Kier alpha value is -1.84. The summed E-state index contributed by atoms with van der Waals surface area (Å²) in [4.78, 5) is 4.23. The molecule has 15 heavy (non-hydrogen) atoms. The van der Waals surface area contributed by atoms with Crippen molar-refractivity contribution in [3.05, 3.63) is 36.8 Å². The van der Waals surface area contributed by atoms with E-state index in [9.17, 15) is 0 Å². The van der Waals surface area contributed by atoms with E-state index in [0.717, 1.165) is 24.5 Å². The highest BCUT2D eigenvalue weighted by Crippen LogP contribution is 2.10. The molecule has 1 N–H and O–H groups in total. The van der Waals surface area contributed by atoms with Crippen LogP contribution in [0.25, 0.3) is 5.69 Å². The molecule has 0 unspecified atom stereocenters.